The minimum Gasteiger partial charge on any atom is -0.308 e. The summed E-state index contributed by atoms with van der Waals surface area (Å²) in [7, 11) is 0. The van der Waals surface area contributed by atoms with E-state index >= 15 is 0 Å². The van der Waals surface area contributed by atoms with Crippen LogP contribution in [0.2, 0.25) is 0 Å². The predicted octanol–water partition coefficient (Wildman–Crippen LogP) is 4.57. The Kier molecular flexibility index (Phi) is 5.87. The molecule has 0 atom stereocenters. The molecular formula is C18H29BrN2. The van der Waals surface area contributed by atoms with Crippen LogP contribution in [0.1, 0.15) is 51.7 Å². The highest BCUT2D eigenvalue weighted by Gasteiger charge is 2.16. The van der Waals surface area contributed by atoms with Crippen LogP contribution in [-0.4, -0.2) is 23.5 Å². The molecule has 1 fully saturated rings. The van der Waals surface area contributed by atoms with Crippen molar-refractivity contribution in [3.05, 3.63) is 33.8 Å². The van der Waals surface area contributed by atoms with Crippen molar-refractivity contribution in [2.75, 3.05) is 13.1 Å². The van der Waals surface area contributed by atoms with Crippen LogP contribution in [0, 0.1) is 5.92 Å². The third-order valence-electron chi connectivity index (χ3n) is 4.21. The van der Waals surface area contributed by atoms with Crippen LogP contribution >= 0.6 is 15.9 Å². The first-order valence-electron chi connectivity index (χ1n) is 8.08. The Labute approximate surface area is 138 Å². The third kappa shape index (κ3) is 5.72. The Balaban J connectivity index is 1.93. The number of likely N-dealkylation sites (tertiary alicyclic amines) is 1. The standard InChI is InChI=1S/C18H29BrN2/c1-14-7-9-21(10-8-14)13-16-6-5-15(11-17(16)19)12-20-18(2,3)4/h5-6,11,14,20H,7-10,12-13H2,1-4H3. The van der Waals surface area contributed by atoms with Gasteiger partial charge in [0.25, 0.3) is 0 Å². The van der Waals surface area contributed by atoms with Crippen molar-refractivity contribution in [2.45, 2.75) is 59.2 Å². The molecule has 1 saturated heterocycles. The van der Waals surface area contributed by atoms with Crippen LogP contribution in [-0.2, 0) is 13.1 Å². The third-order valence-corrected chi connectivity index (χ3v) is 4.95. The van der Waals surface area contributed by atoms with Crippen LogP contribution in [0.25, 0.3) is 0 Å². The molecule has 118 valence electrons. The molecule has 1 N–H and O–H groups in total. The molecule has 0 aliphatic carbocycles. The van der Waals surface area contributed by atoms with Gasteiger partial charge in [-0.3, -0.25) is 4.90 Å². The molecule has 0 spiro atoms. The van der Waals surface area contributed by atoms with Gasteiger partial charge >= 0.3 is 0 Å². The van der Waals surface area contributed by atoms with E-state index in [4.69, 9.17) is 0 Å². The van der Waals surface area contributed by atoms with Gasteiger partial charge in [0.05, 0.1) is 0 Å². The Hall–Kier alpha value is -0.380. The second-order valence-electron chi connectivity index (χ2n) is 7.49. The minimum absolute atomic E-state index is 0.162. The van der Waals surface area contributed by atoms with Gasteiger partial charge in [0, 0.05) is 23.1 Å². The molecule has 0 aromatic heterocycles. The maximum absolute atomic E-state index is 3.75. The summed E-state index contributed by atoms with van der Waals surface area (Å²) < 4.78 is 1.24. The largest absolute Gasteiger partial charge is 0.308 e. The Morgan fingerprint density at radius 1 is 1.24 bits per heavy atom. The average Bonchev–Trinajstić information content (AvgIpc) is 2.41. The molecule has 1 aliphatic heterocycles. The first kappa shape index (κ1) is 17.0. The quantitative estimate of drug-likeness (QED) is 0.853. The van der Waals surface area contributed by atoms with E-state index < -0.39 is 0 Å². The van der Waals surface area contributed by atoms with Crippen molar-refractivity contribution in [1.29, 1.82) is 0 Å². The predicted molar refractivity (Wildman–Crippen MR) is 94.4 cm³/mol. The van der Waals surface area contributed by atoms with Gasteiger partial charge in [0.2, 0.25) is 0 Å². The van der Waals surface area contributed by atoms with Gasteiger partial charge in [0.15, 0.2) is 0 Å². The Morgan fingerprint density at radius 2 is 1.90 bits per heavy atom. The zero-order chi connectivity index (χ0) is 15.5. The molecule has 0 saturated carbocycles. The number of hydrogen-bond donors (Lipinski definition) is 1. The van der Waals surface area contributed by atoms with Gasteiger partial charge in [-0.05, 0) is 69.8 Å². The van der Waals surface area contributed by atoms with E-state index in [0.29, 0.717) is 0 Å². The van der Waals surface area contributed by atoms with Crippen LogP contribution in [0.4, 0.5) is 0 Å². The van der Waals surface area contributed by atoms with Crippen molar-refractivity contribution < 1.29 is 0 Å². The maximum Gasteiger partial charge on any atom is 0.0244 e. The minimum atomic E-state index is 0.162. The van der Waals surface area contributed by atoms with Gasteiger partial charge in [-0.1, -0.05) is 35.0 Å². The molecular weight excluding hydrogens is 324 g/mol. The summed E-state index contributed by atoms with van der Waals surface area (Å²) in [6, 6.07) is 6.80. The first-order valence-corrected chi connectivity index (χ1v) is 8.87. The van der Waals surface area contributed by atoms with E-state index in [1.807, 2.05) is 0 Å². The summed E-state index contributed by atoms with van der Waals surface area (Å²) in [4.78, 5) is 2.58. The zero-order valence-electron chi connectivity index (χ0n) is 13.9. The van der Waals surface area contributed by atoms with Crippen molar-refractivity contribution in [1.82, 2.24) is 10.2 Å². The number of nitrogens with zero attached hydrogens (tertiary/aromatic N) is 1. The fourth-order valence-corrected chi connectivity index (χ4v) is 3.21. The number of hydrogen-bond acceptors (Lipinski definition) is 2. The number of rotatable bonds is 4. The second-order valence-corrected chi connectivity index (χ2v) is 8.34. The SMILES string of the molecule is CC1CCN(Cc2ccc(CNC(C)(C)C)cc2Br)CC1. The molecule has 1 aliphatic rings. The molecule has 0 bridgehead atoms. The topological polar surface area (TPSA) is 15.3 Å². The van der Waals surface area contributed by atoms with E-state index in [0.717, 1.165) is 19.0 Å². The highest BCUT2D eigenvalue weighted by atomic mass is 79.9. The van der Waals surface area contributed by atoms with Crippen molar-refractivity contribution in [3.8, 4) is 0 Å². The molecule has 0 radical (unpaired) electrons. The van der Waals surface area contributed by atoms with E-state index in [-0.39, 0.29) is 5.54 Å². The smallest absolute Gasteiger partial charge is 0.0244 e. The first-order chi connectivity index (χ1) is 9.83. The molecule has 0 amide bonds. The summed E-state index contributed by atoms with van der Waals surface area (Å²) >= 11 is 3.75. The van der Waals surface area contributed by atoms with Crippen molar-refractivity contribution >= 4 is 15.9 Å². The molecule has 1 heterocycles. The van der Waals surface area contributed by atoms with Crippen LogP contribution in [0.3, 0.4) is 0 Å². The highest BCUT2D eigenvalue weighted by molar-refractivity contribution is 9.10. The van der Waals surface area contributed by atoms with E-state index in [9.17, 15) is 0 Å². The highest BCUT2D eigenvalue weighted by Crippen LogP contribution is 2.23. The molecule has 2 rings (SSSR count). The molecule has 0 unspecified atom stereocenters. The van der Waals surface area contributed by atoms with E-state index in [1.165, 1.54) is 41.5 Å². The summed E-state index contributed by atoms with van der Waals surface area (Å²) in [5.74, 6) is 0.899. The van der Waals surface area contributed by atoms with Crippen LogP contribution in [0.5, 0.6) is 0 Å². The lowest BCUT2D eigenvalue weighted by molar-refractivity contribution is 0.185. The second kappa shape index (κ2) is 7.26. The molecule has 1 aromatic rings. The fourth-order valence-electron chi connectivity index (χ4n) is 2.66. The maximum atomic E-state index is 3.75. The van der Waals surface area contributed by atoms with Crippen molar-refractivity contribution in [2.24, 2.45) is 5.92 Å². The summed E-state index contributed by atoms with van der Waals surface area (Å²) in [6.07, 6.45) is 2.68. The molecule has 21 heavy (non-hydrogen) atoms. The summed E-state index contributed by atoms with van der Waals surface area (Å²) in [6.45, 7) is 13.4. The Morgan fingerprint density at radius 3 is 2.48 bits per heavy atom. The zero-order valence-corrected chi connectivity index (χ0v) is 15.5. The molecule has 2 nitrogen and oxygen atoms in total. The fraction of sp³-hybridized carbons (Fsp3) is 0.667. The summed E-state index contributed by atoms with van der Waals surface area (Å²) in [5.41, 5.74) is 2.91. The van der Waals surface area contributed by atoms with E-state index in [2.05, 4.69) is 72.0 Å². The lowest BCUT2D eigenvalue weighted by atomic mass is 9.99. The number of piperidine rings is 1. The van der Waals surface area contributed by atoms with Crippen LogP contribution in [0.15, 0.2) is 22.7 Å². The Bertz CT molecular complexity index is 457. The molecule has 1 aromatic carbocycles. The van der Waals surface area contributed by atoms with E-state index in [1.54, 1.807) is 0 Å². The van der Waals surface area contributed by atoms with Gasteiger partial charge in [-0.2, -0.15) is 0 Å². The lowest BCUT2D eigenvalue weighted by Crippen LogP contribution is -2.35. The average molecular weight is 353 g/mol. The lowest BCUT2D eigenvalue weighted by Gasteiger charge is -2.30. The number of benzene rings is 1. The summed E-state index contributed by atoms with van der Waals surface area (Å²) in [5, 5.41) is 3.54. The van der Waals surface area contributed by atoms with Gasteiger partial charge in [-0.25, -0.2) is 0 Å². The van der Waals surface area contributed by atoms with Gasteiger partial charge in [0.1, 0.15) is 0 Å². The monoisotopic (exact) mass is 352 g/mol. The normalized spacial score (nSPS) is 18.1. The van der Waals surface area contributed by atoms with Gasteiger partial charge < -0.3 is 5.32 Å². The number of nitrogens with one attached hydrogen (secondary N) is 1. The number of halogens is 1. The van der Waals surface area contributed by atoms with Crippen LogP contribution < -0.4 is 5.32 Å². The van der Waals surface area contributed by atoms with Gasteiger partial charge in [-0.15, -0.1) is 0 Å². The molecule has 3 heteroatoms. The van der Waals surface area contributed by atoms with Crippen molar-refractivity contribution in [3.63, 3.8) is 0 Å².